The summed E-state index contributed by atoms with van der Waals surface area (Å²) in [5.41, 5.74) is 0.110. The van der Waals surface area contributed by atoms with Gasteiger partial charge in [0.2, 0.25) is 0 Å². The Kier molecular flexibility index (Phi) is 3.60. The Morgan fingerprint density at radius 1 is 1.21 bits per heavy atom. The van der Waals surface area contributed by atoms with Gasteiger partial charge in [-0.05, 0) is 29.5 Å². The Bertz CT molecular complexity index is 617. The van der Waals surface area contributed by atoms with Crippen molar-refractivity contribution < 1.29 is 19.7 Å². The molecule has 0 aromatic heterocycles. The summed E-state index contributed by atoms with van der Waals surface area (Å²) in [6, 6.07) is 7.86. The molecule has 0 saturated carbocycles. The highest BCUT2D eigenvalue weighted by molar-refractivity contribution is 6.00. The zero-order valence-corrected chi connectivity index (χ0v) is 10.9. The zero-order chi connectivity index (χ0) is 14.0. The largest absolute Gasteiger partial charge is 0.507 e. The normalized spacial score (nSPS) is 10.9. The van der Waals surface area contributed by atoms with E-state index in [1.165, 1.54) is 18.2 Å². The molecule has 0 atom stereocenters. The first kappa shape index (κ1) is 13.2. The average molecular weight is 260 g/mol. The summed E-state index contributed by atoms with van der Waals surface area (Å²) in [5, 5.41) is 20.7. The molecule has 0 spiro atoms. The lowest BCUT2D eigenvalue weighted by molar-refractivity contribution is 0.0456. The molecular weight excluding hydrogens is 244 g/mol. The molecule has 2 rings (SSSR count). The van der Waals surface area contributed by atoms with Crippen LogP contribution in [0.5, 0.6) is 11.5 Å². The Labute approximate surface area is 111 Å². The molecule has 2 aromatic carbocycles. The summed E-state index contributed by atoms with van der Waals surface area (Å²) in [6.45, 7) is 4.17. The molecule has 0 fully saturated rings. The minimum absolute atomic E-state index is 0.0647. The topological polar surface area (TPSA) is 66.8 Å². The molecule has 0 amide bonds. The smallest absolute Gasteiger partial charge is 0.341 e. The second-order valence-corrected chi connectivity index (χ2v) is 4.86. The van der Waals surface area contributed by atoms with Gasteiger partial charge in [0.1, 0.15) is 17.1 Å². The summed E-state index contributed by atoms with van der Waals surface area (Å²) < 4.78 is 5.09. The summed E-state index contributed by atoms with van der Waals surface area (Å²) in [7, 11) is 0. The number of hydrogen-bond acceptors (Lipinski definition) is 4. The van der Waals surface area contributed by atoms with Gasteiger partial charge in [0.05, 0.1) is 6.61 Å². The van der Waals surface area contributed by atoms with E-state index in [2.05, 4.69) is 0 Å². The van der Waals surface area contributed by atoms with Crippen LogP contribution < -0.4 is 0 Å². The van der Waals surface area contributed by atoms with Crippen molar-refractivity contribution in [1.29, 1.82) is 0 Å². The van der Waals surface area contributed by atoms with Gasteiger partial charge in [0.15, 0.2) is 0 Å². The van der Waals surface area contributed by atoms with Crippen LogP contribution in [0, 0.1) is 5.92 Å². The first-order chi connectivity index (χ1) is 8.99. The molecule has 0 aliphatic rings. The van der Waals surface area contributed by atoms with E-state index < -0.39 is 5.97 Å². The lowest BCUT2D eigenvalue weighted by Crippen LogP contribution is -2.10. The molecule has 0 saturated heterocycles. The van der Waals surface area contributed by atoms with E-state index in [4.69, 9.17) is 4.74 Å². The third-order valence-corrected chi connectivity index (χ3v) is 2.74. The molecular formula is C15H16O4. The number of phenolic OH excluding ortho intramolecular Hbond substituents is 2. The number of ether oxygens (including phenoxy) is 1. The van der Waals surface area contributed by atoms with Gasteiger partial charge in [-0.3, -0.25) is 0 Å². The Morgan fingerprint density at radius 2 is 1.95 bits per heavy atom. The zero-order valence-electron chi connectivity index (χ0n) is 10.9. The number of carbonyl (C=O) groups is 1. The third kappa shape index (κ3) is 2.78. The van der Waals surface area contributed by atoms with Crippen LogP contribution in [0.4, 0.5) is 0 Å². The standard InChI is InChI=1S/C15H16O4/c1-9(2)8-19-15(18)12-6-10-4-3-5-13(16)11(10)7-14(12)17/h3-7,9,16-17H,8H2,1-2H3. The van der Waals surface area contributed by atoms with Crippen LogP contribution in [0.3, 0.4) is 0 Å². The quantitative estimate of drug-likeness (QED) is 0.832. The van der Waals surface area contributed by atoms with Crippen LogP contribution >= 0.6 is 0 Å². The van der Waals surface area contributed by atoms with Crippen LogP contribution in [-0.2, 0) is 4.74 Å². The van der Waals surface area contributed by atoms with E-state index in [1.54, 1.807) is 12.1 Å². The van der Waals surface area contributed by atoms with Crippen LogP contribution in [0.1, 0.15) is 24.2 Å². The van der Waals surface area contributed by atoms with Gasteiger partial charge in [-0.25, -0.2) is 4.79 Å². The molecule has 19 heavy (non-hydrogen) atoms. The van der Waals surface area contributed by atoms with E-state index >= 15 is 0 Å². The number of esters is 1. The maximum atomic E-state index is 11.9. The minimum Gasteiger partial charge on any atom is -0.507 e. The summed E-state index contributed by atoms with van der Waals surface area (Å²) in [5.74, 6) is -0.454. The number of benzene rings is 2. The molecule has 0 aliphatic carbocycles. The molecule has 100 valence electrons. The maximum absolute atomic E-state index is 11.9. The molecule has 4 nitrogen and oxygen atoms in total. The summed E-state index contributed by atoms with van der Waals surface area (Å²) >= 11 is 0. The van der Waals surface area contributed by atoms with Crippen LogP contribution in [0.15, 0.2) is 30.3 Å². The molecule has 2 N–H and O–H groups in total. The van der Waals surface area contributed by atoms with E-state index in [0.29, 0.717) is 17.4 Å². The van der Waals surface area contributed by atoms with Gasteiger partial charge < -0.3 is 14.9 Å². The highest BCUT2D eigenvalue weighted by atomic mass is 16.5. The Balaban J connectivity index is 2.39. The summed E-state index contributed by atoms with van der Waals surface area (Å²) in [6.07, 6.45) is 0. The van der Waals surface area contributed by atoms with Gasteiger partial charge in [-0.2, -0.15) is 0 Å². The van der Waals surface area contributed by atoms with Gasteiger partial charge in [-0.1, -0.05) is 26.0 Å². The highest BCUT2D eigenvalue weighted by Gasteiger charge is 2.15. The first-order valence-corrected chi connectivity index (χ1v) is 6.11. The number of carbonyl (C=O) groups excluding carboxylic acids is 1. The Morgan fingerprint density at radius 3 is 2.63 bits per heavy atom. The van der Waals surface area contributed by atoms with Crippen LogP contribution in [-0.4, -0.2) is 22.8 Å². The van der Waals surface area contributed by atoms with Crippen molar-refractivity contribution in [2.75, 3.05) is 6.61 Å². The fourth-order valence-electron chi connectivity index (χ4n) is 1.78. The van der Waals surface area contributed by atoms with Crippen molar-refractivity contribution >= 4 is 16.7 Å². The third-order valence-electron chi connectivity index (χ3n) is 2.74. The number of aromatic hydroxyl groups is 2. The van der Waals surface area contributed by atoms with E-state index in [0.717, 1.165) is 0 Å². The summed E-state index contributed by atoms with van der Waals surface area (Å²) in [4.78, 5) is 11.9. The number of phenols is 2. The molecule has 4 heteroatoms. The van der Waals surface area contributed by atoms with Gasteiger partial charge >= 0.3 is 5.97 Å². The number of fused-ring (bicyclic) bond motifs is 1. The van der Waals surface area contributed by atoms with E-state index in [-0.39, 0.29) is 23.0 Å². The van der Waals surface area contributed by atoms with Crippen LogP contribution in [0.25, 0.3) is 10.8 Å². The van der Waals surface area contributed by atoms with Crippen molar-refractivity contribution in [3.05, 3.63) is 35.9 Å². The molecule has 0 unspecified atom stereocenters. The first-order valence-electron chi connectivity index (χ1n) is 6.11. The molecule has 0 aliphatic heterocycles. The highest BCUT2D eigenvalue weighted by Crippen LogP contribution is 2.31. The second kappa shape index (κ2) is 5.18. The van der Waals surface area contributed by atoms with Gasteiger partial charge in [0, 0.05) is 5.39 Å². The molecule has 0 heterocycles. The van der Waals surface area contributed by atoms with Gasteiger partial charge in [-0.15, -0.1) is 0 Å². The minimum atomic E-state index is -0.559. The van der Waals surface area contributed by atoms with Crippen LogP contribution in [0.2, 0.25) is 0 Å². The van der Waals surface area contributed by atoms with E-state index in [1.807, 2.05) is 13.8 Å². The SMILES string of the molecule is CC(C)COC(=O)c1cc2cccc(O)c2cc1O. The fraction of sp³-hybridized carbons (Fsp3) is 0.267. The molecule has 2 aromatic rings. The number of hydrogen-bond donors (Lipinski definition) is 2. The molecule has 0 bridgehead atoms. The predicted octanol–water partition coefficient (Wildman–Crippen LogP) is 3.06. The molecule has 0 radical (unpaired) electrons. The monoisotopic (exact) mass is 260 g/mol. The van der Waals surface area contributed by atoms with Crippen molar-refractivity contribution in [2.24, 2.45) is 5.92 Å². The fourth-order valence-corrected chi connectivity index (χ4v) is 1.78. The Hall–Kier alpha value is -2.23. The van der Waals surface area contributed by atoms with Crippen molar-refractivity contribution in [1.82, 2.24) is 0 Å². The van der Waals surface area contributed by atoms with E-state index in [9.17, 15) is 15.0 Å². The predicted molar refractivity (Wildman–Crippen MR) is 72.4 cm³/mol. The number of rotatable bonds is 3. The van der Waals surface area contributed by atoms with Crippen molar-refractivity contribution in [3.63, 3.8) is 0 Å². The lowest BCUT2D eigenvalue weighted by Gasteiger charge is -2.10. The maximum Gasteiger partial charge on any atom is 0.341 e. The lowest BCUT2D eigenvalue weighted by atomic mass is 10.1. The van der Waals surface area contributed by atoms with Gasteiger partial charge in [0.25, 0.3) is 0 Å². The second-order valence-electron chi connectivity index (χ2n) is 4.86. The van der Waals surface area contributed by atoms with Crippen molar-refractivity contribution in [2.45, 2.75) is 13.8 Å². The van der Waals surface area contributed by atoms with Crippen molar-refractivity contribution in [3.8, 4) is 11.5 Å². The average Bonchev–Trinajstić information content (AvgIpc) is 2.36.